The minimum Gasteiger partial charge on any atom is -0.504 e. The van der Waals surface area contributed by atoms with Crippen LogP contribution in [0.5, 0.6) is 11.5 Å². The maximum Gasteiger partial charge on any atom is 0.158 e. The van der Waals surface area contributed by atoms with E-state index in [1.807, 2.05) is 30.3 Å². The Labute approximate surface area is 98.0 Å². The van der Waals surface area contributed by atoms with E-state index in [0.717, 1.165) is 22.2 Å². The van der Waals surface area contributed by atoms with E-state index in [1.165, 1.54) is 6.07 Å². The number of para-hydroxylation sites is 1. The highest BCUT2D eigenvalue weighted by atomic mass is 16.3. The smallest absolute Gasteiger partial charge is 0.158 e. The topological polar surface area (TPSA) is 56.2 Å². The Hall–Kier alpha value is -2.42. The first-order valence-corrected chi connectivity index (χ1v) is 5.34. The lowest BCUT2D eigenvalue weighted by Crippen LogP contribution is -1.77. The Bertz CT molecular complexity index is 653. The van der Waals surface area contributed by atoms with Crippen molar-refractivity contribution < 1.29 is 10.2 Å². The molecule has 1 heterocycles. The van der Waals surface area contributed by atoms with Gasteiger partial charge in [-0.1, -0.05) is 18.2 Å². The van der Waals surface area contributed by atoms with E-state index in [0.29, 0.717) is 0 Å². The zero-order valence-electron chi connectivity index (χ0n) is 9.01. The number of phenolic OH excluding ortho intramolecular Hbond substituents is 2. The van der Waals surface area contributed by atoms with Gasteiger partial charge in [-0.2, -0.15) is 0 Å². The van der Waals surface area contributed by atoms with Crippen LogP contribution in [0.3, 0.4) is 0 Å². The van der Waals surface area contributed by atoms with Crippen LogP contribution in [-0.2, 0) is 0 Å². The highest BCUT2D eigenvalue weighted by Gasteiger charge is 2.05. The Kier molecular flexibility index (Phi) is 2.05. The molecule has 0 aliphatic carbocycles. The highest BCUT2D eigenvalue weighted by Crippen LogP contribution is 2.31. The summed E-state index contributed by atoms with van der Waals surface area (Å²) < 4.78 is 0. The summed E-state index contributed by atoms with van der Waals surface area (Å²) in [5.74, 6) is -0.217. The molecule has 0 atom stereocenters. The minimum atomic E-state index is -0.110. The average Bonchev–Trinajstić information content (AvgIpc) is 2.76. The quantitative estimate of drug-likeness (QED) is 0.557. The van der Waals surface area contributed by atoms with Crippen LogP contribution in [0, 0.1) is 0 Å². The van der Waals surface area contributed by atoms with Crippen LogP contribution in [0.2, 0.25) is 0 Å². The molecule has 84 valence electrons. The van der Waals surface area contributed by atoms with Crippen molar-refractivity contribution in [3.05, 3.63) is 48.5 Å². The van der Waals surface area contributed by atoms with E-state index >= 15 is 0 Å². The molecule has 0 aliphatic rings. The average molecular weight is 225 g/mol. The highest BCUT2D eigenvalue weighted by molar-refractivity contribution is 5.86. The maximum atomic E-state index is 9.47. The summed E-state index contributed by atoms with van der Waals surface area (Å²) in [6, 6.07) is 14.8. The number of hydrogen-bond donors (Lipinski definition) is 3. The zero-order chi connectivity index (χ0) is 11.8. The van der Waals surface area contributed by atoms with Gasteiger partial charge in [0.25, 0.3) is 0 Å². The molecule has 3 nitrogen and oxygen atoms in total. The van der Waals surface area contributed by atoms with Gasteiger partial charge in [0.15, 0.2) is 11.5 Å². The third-order valence-corrected chi connectivity index (χ3v) is 2.82. The van der Waals surface area contributed by atoms with E-state index in [9.17, 15) is 10.2 Å². The predicted octanol–water partition coefficient (Wildman–Crippen LogP) is 3.25. The number of hydrogen-bond acceptors (Lipinski definition) is 2. The SMILES string of the molecule is Oc1ccc(-c2cc3ccccc3[nH]2)cc1O. The molecule has 0 saturated carbocycles. The number of aromatic amines is 1. The van der Waals surface area contributed by atoms with E-state index in [4.69, 9.17) is 0 Å². The fourth-order valence-corrected chi connectivity index (χ4v) is 1.92. The Morgan fingerprint density at radius 2 is 1.65 bits per heavy atom. The number of aromatic nitrogens is 1. The van der Waals surface area contributed by atoms with Crippen LogP contribution >= 0.6 is 0 Å². The molecular weight excluding hydrogens is 214 g/mol. The van der Waals surface area contributed by atoms with Crippen molar-refractivity contribution in [1.29, 1.82) is 0 Å². The second-order valence-corrected chi connectivity index (χ2v) is 3.97. The predicted molar refractivity (Wildman–Crippen MR) is 67.1 cm³/mol. The number of rotatable bonds is 1. The summed E-state index contributed by atoms with van der Waals surface area (Å²) in [6.45, 7) is 0. The van der Waals surface area contributed by atoms with Gasteiger partial charge in [0, 0.05) is 22.2 Å². The van der Waals surface area contributed by atoms with Gasteiger partial charge in [0.05, 0.1) is 0 Å². The number of nitrogens with one attached hydrogen (secondary N) is 1. The second kappa shape index (κ2) is 3.56. The molecular formula is C14H11NO2. The van der Waals surface area contributed by atoms with Crippen molar-refractivity contribution in [2.24, 2.45) is 0 Å². The van der Waals surface area contributed by atoms with Crippen LogP contribution in [0.4, 0.5) is 0 Å². The van der Waals surface area contributed by atoms with Crippen molar-refractivity contribution in [1.82, 2.24) is 4.98 Å². The van der Waals surface area contributed by atoms with Gasteiger partial charge in [0.1, 0.15) is 0 Å². The van der Waals surface area contributed by atoms with Crippen LogP contribution in [-0.4, -0.2) is 15.2 Å². The fraction of sp³-hybridized carbons (Fsp3) is 0. The van der Waals surface area contributed by atoms with Crippen molar-refractivity contribution in [3.63, 3.8) is 0 Å². The molecule has 0 unspecified atom stereocenters. The summed E-state index contributed by atoms with van der Waals surface area (Å²) in [5.41, 5.74) is 2.81. The van der Waals surface area contributed by atoms with E-state index < -0.39 is 0 Å². The standard InChI is InChI=1S/C14H11NO2/c16-13-6-5-10(8-14(13)17)12-7-9-3-1-2-4-11(9)15-12/h1-8,15-17H. The molecule has 3 N–H and O–H groups in total. The molecule has 0 spiro atoms. The first-order valence-electron chi connectivity index (χ1n) is 5.34. The number of phenols is 2. The molecule has 0 saturated heterocycles. The molecule has 2 aromatic carbocycles. The molecule has 0 aliphatic heterocycles. The van der Waals surface area contributed by atoms with Gasteiger partial charge in [-0.25, -0.2) is 0 Å². The summed E-state index contributed by atoms with van der Waals surface area (Å²) in [5, 5.41) is 19.9. The van der Waals surface area contributed by atoms with Crippen LogP contribution in [0.15, 0.2) is 48.5 Å². The molecule has 0 fully saturated rings. The van der Waals surface area contributed by atoms with Gasteiger partial charge in [0.2, 0.25) is 0 Å². The lowest BCUT2D eigenvalue weighted by molar-refractivity contribution is 0.404. The van der Waals surface area contributed by atoms with Crippen molar-refractivity contribution in [2.45, 2.75) is 0 Å². The number of benzene rings is 2. The molecule has 0 radical (unpaired) electrons. The lowest BCUT2D eigenvalue weighted by atomic mass is 10.1. The first-order chi connectivity index (χ1) is 8.24. The van der Waals surface area contributed by atoms with E-state index in [-0.39, 0.29) is 11.5 Å². The van der Waals surface area contributed by atoms with Crippen molar-refractivity contribution >= 4 is 10.9 Å². The molecule has 3 rings (SSSR count). The summed E-state index contributed by atoms with van der Waals surface area (Å²) in [4.78, 5) is 3.27. The van der Waals surface area contributed by atoms with Gasteiger partial charge < -0.3 is 15.2 Å². The first kappa shape index (κ1) is 9.78. The molecule has 0 amide bonds. The van der Waals surface area contributed by atoms with Crippen LogP contribution < -0.4 is 0 Å². The largest absolute Gasteiger partial charge is 0.504 e. The maximum absolute atomic E-state index is 9.47. The fourth-order valence-electron chi connectivity index (χ4n) is 1.92. The van der Waals surface area contributed by atoms with Crippen LogP contribution in [0.1, 0.15) is 0 Å². The van der Waals surface area contributed by atoms with Gasteiger partial charge in [-0.3, -0.25) is 0 Å². The zero-order valence-corrected chi connectivity index (χ0v) is 9.01. The lowest BCUT2D eigenvalue weighted by Gasteiger charge is -2.00. The van der Waals surface area contributed by atoms with E-state index in [2.05, 4.69) is 4.98 Å². The third kappa shape index (κ3) is 1.61. The molecule has 0 bridgehead atoms. The summed E-state index contributed by atoms with van der Waals surface area (Å²) >= 11 is 0. The molecule has 1 aromatic heterocycles. The minimum absolute atomic E-state index is 0.107. The number of fused-ring (bicyclic) bond motifs is 1. The van der Waals surface area contributed by atoms with Crippen molar-refractivity contribution in [2.75, 3.05) is 0 Å². The summed E-state index contributed by atoms with van der Waals surface area (Å²) in [6.07, 6.45) is 0. The number of H-pyrrole nitrogens is 1. The Morgan fingerprint density at radius 1 is 0.824 bits per heavy atom. The van der Waals surface area contributed by atoms with Gasteiger partial charge in [-0.15, -0.1) is 0 Å². The molecule has 3 aromatic rings. The third-order valence-electron chi connectivity index (χ3n) is 2.82. The van der Waals surface area contributed by atoms with Crippen LogP contribution in [0.25, 0.3) is 22.2 Å². The van der Waals surface area contributed by atoms with Crippen molar-refractivity contribution in [3.8, 4) is 22.8 Å². The van der Waals surface area contributed by atoms with Gasteiger partial charge in [-0.05, 0) is 30.3 Å². The summed E-state index contributed by atoms with van der Waals surface area (Å²) in [7, 11) is 0. The monoisotopic (exact) mass is 225 g/mol. The normalized spacial score (nSPS) is 10.8. The second-order valence-electron chi connectivity index (χ2n) is 3.97. The van der Waals surface area contributed by atoms with E-state index in [1.54, 1.807) is 12.1 Å². The molecule has 17 heavy (non-hydrogen) atoms. The molecule has 3 heteroatoms. The van der Waals surface area contributed by atoms with Gasteiger partial charge >= 0.3 is 0 Å². The number of aromatic hydroxyl groups is 2. The Balaban J connectivity index is 2.17. The Morgan fingerprint density at radius 3 is 2.41 bits per heavy atom.